The second kappa shape index (κ2) is 12.8. The van der Waals surface area contributed by atoms with Gasteiger partial charge in [-0.1, -0.05) is 57.2 Å². The van der Waals surface area contributed by atoms with Crippen molar-refractivity contribution in [2.75, 3.05) is 16.8 Å². The van der Waals surface area contributed by atoms with Crippen LogP contribution < -0.4 is 15.1 Å². The van der Waals surface area contributed by atoms with Crippen LogP contribution in [0.5, 0.6) is 0 Å². The van der Waals surface area contributed by atoms with Gasteiger partial charge in [0.05, 0.1) is 34.4 Å². The molecule has 0 bridgehead atoms. The summed E-state index contributed by atoms with van der Waals surface area (Å²) in [6.45, 7) is 1.33. The Morgan fingerprint density at radius 2 is 1.68 bits per heavy atom. The SMILES string of the molecule is CCOC(=O)c1ccc(N2C(=O)C3Sc4c(sc(=O)n4CC(=O)Nc4cccc(C(F)(F)F)c4)C(c4ccc(Br)cc4)C3C2=O)cc1. The van der Waals surface area contributed by atoms with E-state index in [-0.39, 0.29) is 23.5 Å². The molecule has 3 unspecified atom stereocenters. The number of thiazole rings is 1. The average Bonchev–Trinajstić information content (AvgIpc) is 3.47. The number of ether oxygens (including phenoxy) is 1. The Morgan fingerprint density at radius 3 is 2.34 bits per heavy atom. The van der Waals surface area contributed by atoms with Crippen molar-refractivity contribution in [1.29, 1.82) is 0 Å². The summed E-state index contributed by atoms with van der Waals surface area (Å²) in [7, 11) is 0. The van der Waals surface area contributed by atoms with E-state index in [0.717, 1.165) is 50.7 Å². The molecule has 3 heterocycles. The number of esters is 1. The number of fused-ring (bicyclic) bond motifs is 2. The molecule has 1 aromatic heterocycles. The number of aromatic nitrogens is 1. The zero-order valence-electron chi connectivity index (χ0n) is 24.2. The number of hydrogen-bond acceptors (Lipinski definition) is 8. The normalized spacial score (nSPS) is 18.9. The van der Waals surface area contributed by atoms with Gasteiger partial charge in [-0.05, 0) is 67.1 Å². The number of halogens is 4. The zero-order chi connectivity index (χ0) is 33.6. The monoisotopic (exact) mass is 745 g/mol. The minimum Gasteiger partial charge on any atom is -0.462 e. The summed E-state index contributed by atoms with van der Waals surface area (Å²) in [5, 5.41) is 1.79. The lowest BCUT2D eigenvalue weighted by Crippen LogP contribution is -2.33. The van der Waals surface area contributed by atoms with Gasteiger partial charge < -0.3 is 10.1 Å². The van der Waals surface area contributed by atoms with E-state index in [1.165, 1.54) is 34.9 Å². The van der Waals surface area contributed by atoms with Crippen LogP contribution >= 0.6 is 39.0 Å². The molecule has 47 heavy (non-hydrogen) atoms. The van der Waals surface area contributed by atoms with E-state index in [0.29, 0.717) is 15.5 Å². The molecule has 2 aliphatic heterocycles. The average molecular weight is 747 g/mol. The number of benzene rings is 3. The molecule has 0 aliphatic carbocycles. The van der Waals surface area contributed by atoms with Gasteiger partial charge >= 0.3 is 17.0 Å². The lowest BCUT2D eigenvalue weighted by Gasteiger charge is -2.30. The Hall–Kier alpha value is -4.21. The highest BCUT2D eigenvalue weighted by Crippen LogP contribution is 2.54. The van der Waals surface area contributed by atoms with Crippen LogP contribution in [0.4, 0.5) is 24.5 Å². The standard InChI is InChI=1S/C32H23BrF3N3O6S2/c1-2-45-30(43)17-8-12-21(13-9-17)39-27(41)24-23(16-6-10-19(33)11-7-16)26-29(46-25(24)28(39)42)38(31(44)47-26)15-22(40)37-20-5-3-4-18(14-20)32(34,35)36/h3-14,23-25H,2,15H2,1H3,(H,37,40). The van der Waals surface area contributed by atoms with E-state index in [1.807, 2.05) is 0 Å². The number of thioether (sulfide) groups is 1. The van der Waals surface area contributed by atoms with Gasteiger partial charge in [0, 0.05) is 21.0 Å². The number of imide groups is 1. The fraction of sp³-hybridized carbons (Fsp3) is 0.219. The van der Waals surface area contributed by atoms with Crippen molar-refractivity contribution in [3.8, 4) is 0 Å². The molecule has 4 aromatic rings. The van der Waals surface area contributed by atoms with Crippen molar-refractivity contribution in [3.05, 3.63) is 109 Å². The Morgan fingerprint density at radius 1 is 0.979 bits per heavy atom. The molecule has 0 saturated carbocycles. The Labute approximate surface area is 281 Å². The second-order valence-corrected chi connectivity index (χ2v) is 13.7. The Balaban J connectivity index is 1.35. The summed E-state index contributed by atoms with van der Waals surface area (Å²) in [5.74, 6) is -3.90. The summed E-state index contributed by atoms with van der Waals surface area (Å²) in [6.07, 6.45) is -4.61. The lowest BCUT2D eigenvalue weighted by molar-refractivity contribution is -0.137. The van der Waals surface area contributed by atoms with Gasteiger partial charge in [-0.3, -0.25) is 23.7 Å². The van der Waals surface area contributed by atoms with Gasteiger partial charge in [-0.15, -0.1) is 0 Å². The molecule has 0 radical (unpaired) electrons. The molecule has 0 spiro atoms. The molecular weight excluding hydrogens is 723 g/mol. The minimum atomic E-state index is -4.61. The third-order valence-electron chi connectivity index (χ3n) is 7.69. The third kappa shape index (κ3) is 6.26. The fourth-order valence-corrected chi connectivity index (χ4v) is 8.65. The summed E-state index contributed by atoms with van der Waals surface area (Å²) < 4.78 is 46.6. The first kappa shape index (κ1) is 32.7. The topological polar surface area (TPSA) is 115 Å². The molecule has 242 valence electrons. The lowest BCUT2D eigenvalue weighted by atomic mass is 9.83. The molecule has 1 N–H and O–H groups in total. The van der Waals surface area contributed by atoms with Crippen molar-refractivity contribution >= 4 is 74.1 Å². The summed E-state index contributed by atoms with van der Waals surface area (Å²) in [4.78, 5) is 67.6. The molecule has 3 aromatic carbocycles. The quantitative estimate of drug-likeness (QED) is 0.174. The van der Waals surface area contributed by atoms with Crippen molar-refractivity contribution in [2.24, 2.45) is 5.92 Å². The van der Waals surface area contributed by atoms with Crippen LogP contribution in [-0.2, 0) is 31.8 Å². The molecule has 1 fully saturated rings. The van der Waals surface area contributed by atoms with Crippen LogP contribution in [0.1, 0.15) is 39.2 Å². The molecule has 6 rings (SSSR count). The fourth-order valence-electron chi connectivity index (χ4n) is 5.62. The predicted octanol–water partition coefficient (Wildman–Crippen LogP) is 6.30. The van der Waals surface area contributed by atoms with E-state index >= 15 is 0 Å². The highest BCUT2D eigenvalue weighted by molar-refractivity contribution is 9.10. The van der Waals surface area contributed by atoms with Crippen molar-refractivity contribution in [2.45, 2.75) is 35.8 Å². The molecule has 3 amide bonds. The van der Waals surface area contributed by atoms with Crippen LogP contribution in [0.2, 0.25) is 0 Å². The van der Waals surface area contributed by atoms with Crippen LogP contribution in [0, 0.1) is 5.92 Å². The molecular formula is C32H23BrF3N3O6S2. The van der Waals surface area contributed by atoms with E-state index in [2.05, 4.69) is 21.2 Å². The molecule has 9 nitrogen and oxygen atoms in total. The minimum absolute atomic E-state index is 0.0939. The summed E-state index contributed by atoms with van der Waals surface area (Å²) in [5.41, 5.74) is 0.155. The van der Waals surface area contributed by atoms with Crippen LogP contribution in [0.15, 0.2) is 87.1 Å². The highest BCUT2D eigenvalue weighted by Gasteiger charge is 2.56. The number of alkyl halides is 3. The second-order valence-electron chi connectivity index (χ2n) is 10.6. The number of amides is 3. The van der Waals surface area contributed by atoms with Gasteiger partial charge in [0.1, 0.15) is 11.8 Å². The highest BCUT2D eigenvalue weighted by atomic mass is 79.9. The summed E-state index contributed by atoms with van der Waals surface area (Å²) >= 11 is 5.26. The number of carbonyl (C=O) groups excluding carboxylic acids is 4. The summed E-state index contributed by atoms with van der Waals surface area (Å²) in [6, 6.07) is 17.2. The molecule has 2 aliphatic rings. The van der Waals surface area contributed by atoms with Crippen LogP contribution in [-0.4, -0.2) is 40.1 Å². The first-order valence-electron chi connectivity index (χ1n) is 14.1. The maximum atomic E-state index is 14.1. The third-order valence-corrected chi connectivity index (χ3v) is 10.8. The van der Waals surface area contributed by atoms with E-state index in [1.54, 1.807) is 31.2 Å². The van der Waals surface area contributed by atoms with Gasteiger partial charge in [0.2, 0.25) is 17.7 Å². The first-order valence-corrected chi connectivity index (χ1v) is 16.6. The van der Waals surface area contributed by atoms with Gasteiger partial charge in [-0.25, -0.2) is 9.69 Å². The Bertz CT molecular complexity index is 1960. The number of nitrogens with zero attached hydrogens (tertiary/aromatic N) is 2. The Kier molecular flexibility index (Phi) is 8.89. The number of carbonyl (C=O) groups is 4. The van der Waals surface area contributed by atoms with Crippen LogP contribution in [0.3, 0.4) is 0 Å². The van der Waals surface area contributed by atoms with E-state index < -0.39 is 63.9 Å². The smallest absolute Gasteiger partial charge is 0.416 e. The van der Waals surface area contributed by atoms with E-state index in [9.17, 15) is 37.1 Å². The van der Waals surface area contributed by atoms with Crippen molar-refractivity contribution in [3.63, 3.8) is 0 Å². The zero-order valence-corrected chi connectivity index (χ0v) is 27.5. The first-order chi connectivity index (χ1) is 22.4. The number of nitrogens with one attached hydrogen (secondary N) is 1. The number of rotatable bonds is 7. The largest absolute Gasteiger partial charge is 0.462 e. The van der Waals surface area contributed by atoms with Gasteiger partial charge in [-0.2, -0.15) is 13.2 Å². The number of hydrogen-bond donors (Lipinski definition) is 1. The molecule has 15 heteroatoms. The molecule has 1 saturated heterocycles. The predicted molar refractivity (Wildman–Crippen MR) is 173 cm³/mol. The van der Waals surface area contributed by atoms with E-state index in [4.69, 9.17) is 4.74 Å². The van der Waals surface area contributed by atoms with Crippen molar-refractivity contribution in [1.82, 2.24) is 4.57 Å². The maximum Gasteiger partial charge on any atom is 0.416 e. The molecule has 3 atom stereocenters. The maximum absolute atomic E-state index is 14.1. The van der Waals surface area contributed by atoms with Gasteiger partial charge in [0.25, 0.3) is 0 Å². The van der Waals surface area contributed by atoms with Crippen LogP contribution in [0.25, 0.3) is 0 Å². The number of anilines is 2. The van der Waals surface area contributed by atoms with Gasteiger partial charge in [0.15, 0.2) is 0 Å². The van der Waals surface area contributed by atoms with Crippen molar-refractivity contribution < 1.29 is 37.1 Å².